The zero-order chi connectivity index (χ0) is 23.7. The van der Waals surface area contributed by atoms with Gasteiger partial charge in [0.25, 0.3) is 0 Å². The van der Waals surface area contributed by atoms with Gasteiger partial charge in [-0.15, -0.1) is 0 Å². The fraction of sp³-hybridized carbons (Fsp3) is 0.438. The molecule has 1 fully saturated rings. The van der Waals surface area contributed by atoms with E-state index in [0.717, 1.165) is 0 Å². The second-order valence-corrected chi connectivity index (χ2v) is 7.81. The van der Waals surface area contributed by atoms with Crippen molar-refractivity contribution >= 4 is 21.1 Å². The van der Waals surface area contributed by atoms with Gasteiger partial charge in [0, 0.05) is 11.5 Å². The molecule has 0 spiro atoms. The monoisotopic (exact) mass is 494 g/mol. The van der Waals surface area contributed by atoms with Crippen LogP contribution in [0.25, 0.3) is 11.0 Å². The van der Waals surface area contributed by atoms with Gasteiger partial charge in [0.15, 0.2) is 23.4 Å². The molecule has 0 amide bonds. The molecule has 2 heterocycles. The van der Waals surface area contributed by atoms with Gasteiger partial charge >= 0.3 is 35.2 Å². The van der Waals surface area contributed by atoms with Crippen molar-refractivity contribution in [1.29, 1.82) is 0 Å². The molecule has 3 rings (SSSR count). The van der Waals surface area contributed by atoms with E-state index in [0.29, 0.717) is 12.1 Å². The van der Waals surface area contributed by atoms with Gasteiger partial charge in [0.05, 0.1) is 22.5 Å². The topological polar surface area (TPSA) is 218 Å². The number of halogens is 2. The Morgan fingerprint density at radius 2 is 1.66 bits per heavy atom. The van der Waals surface area contributed by atoms with Gasteiger partial charge in [0.2, 0.25) is 5.82 Å². The van der Waals surface area contributed by atoms with Crippen LogP contribution in [0.1, 0.15) is 5.56 Å². The standard InChI is InChI=1S/C10H6F2O6S.C6H12O6.Na/c11-6-2-5-4(3-19(15,16)17)1-7(13)18-10(5)8(12)9(6)14;7-1-2-3(8)4(9)5(10)6(11)12-2;/h1-2,14H,3H2,(H,15,16,17);2-11H,1H2;/q;;+1/p-1/t;2-,3-,4+,5-,6-;/m.1./s1. The SMILES string of the molecule is O=c1cc(CS(=O)(=O)[O-])c2cc(F)c(O)c(F)c2o1.OC[C@H]1O[C@@H](O)[C@H](O)[C@@H](O)[C@@H]1O.[Na+]. The number of phenolic OH excluding ortho intramolecular Hbond substituents is 1. The van der Waals surface area contributed by atoms with E-state index in [1.807, 2.05) is 0 Å². The Kier molecular flexibility index (Phi) is 10.1. The third-order valence-electron chi connectivity index (χ3n) is 4.19. The van der Waals surface area contributed by atoms with Crippen molar-refractivity contribution in [3.63, 3.8) is 0 Å². The van der Waals surface area contributed by atoms with Gasteiger partial charge in [0.1, 0.15) is 24.4 Å². The average Bonchev–Trinajstić information content (AvgIpc) is 2.67. The third-order valence-corrected chi connectivity index (χ3v) is 4.85. The first-order valence-electron chi connectivity index (χ1n) is 8.32. The maximum absolute atomic E-state index is 13.5. The van der Waals surface area contributed by atoms with Crippen molar-refractivity contribution in [2.45, 2.75) is 36.5 Å². The van der Waals surface area contributed by atoms with Crippen LogP contribution >= 0.6 is 0 Å². The van der Waals surface area contributed by atoms with Crippen LogP contribution in [0.15, 0.2) is 21.3 Å². The molecule has 16 heteroatoms. The van der Waals surface area contributed by atoms with Crippen molar-refractivity contribution < 1.29 is 91.1 Å². The molecule has 174 valence electrons. The average molecular weight is 494 g/mol. The molecule has 1 aliphatic heterocycles. The molecular weight excluding hydrogens is 477 g/mol. The Balaban J connectivity index is 0.000000342. The first-order valence-corrected chi connectivity index (χ1v) is 9.90. The predicted molar refractivity (Wildman–Crippen MR) is 93.5 cm³/mol. The summed E-state index contributed by atoms with van der Waals surface area (Å²) in [6.45, 7) is -0.526. The van der Waals surface area contributed by atoms with E-state index in [-0.39, 0.29) is 29.6 Å². The molecule has 32 heavy (non-hydrogen) atoms. The number of ether oxygens (including phenoxy) is 1. The van der Waals surface area contributed by atoms with Gasteiger partial charge < -0.3 is 44.3 Å². The van der Waals surface area contributed by atoms with Crippen molar-refractivity contribution in [3.8, 4) is 5.75 Å². The molecule has 1 aromatic heterocycles. The van der Waals surface area contributed by atoms with Gasteiger partial charge in [-0.2, -0.15) is 4.39 Å². The van der Waals surface area contributed by atoms with E-state index in [2.05, 4.69) is 9.15 Å². The molecule has 1 aliphatic rings. The number of aliphatic hydroxyl groups excluding tert-OH is 5. The van der Waals surface area contributed by atoms with E-state index in [1.54, 1.807) is 0 Å². The van der Waals surface area contributed by atoms with Gasteiger partial charge in [-0.1, -0.05) is 0 Å². The Labute approximate surface area is 200 Å². The second kappa shape index (κ2) is 11.3. The summed E-state index contributed by atoms with van der Waals surface area (Å²) in [7, 11) is -4.76. The van der Waals surface area contributed by atoms with Crippen molar-refractivity contribution in [1.82, 2.24) is 0 Å². The van der Waals surface area contributed by atoms with E-state index < -0.39 is 92.7 Å². The summed E-state index contributed by atoms with van der Waals surface area (Å²) >= 11 is 0. The first-order chi connectivity index (χ1) is 14.3. The minimum atomic E-state index is -4.76. The molecule has 1 aromatic carbocycles. The van der Waals surface area contributed by atoms with Crippen LogP contribution in [0.2, 0.25) is 0 Å². The van der Waals surface area contributed by atoms with Crippen LogP contribution in [0.5, 0.6) is 5.75 Å². The first kappa shape index (κ1) is 28.8. The normalized spacial score (nSPS) is 25.6. The third kappa shape index (κ3) is 6.64. The molecule has 0 saturated carbocycles. The largest absolute Gasteiger partial charge is 1.00 e. The molecule has 0 aliphatic carbocycles. The van der Waals surface area contributed by atoms with Gasteiger partial charge in [-0.25, -0.2) is 17.6 Å². The number of hydrogen-bond acceptors (Lipinski definition) is 12. The smallest absolute Gasteiger partial charge is 0.748 e. The minimum Gasteiger partial charge on any atom is -0.748 e. The van der Waals surface area contributed by atoms with E-state index >= 15 is 0 Å². The number of aromatic hydroxyl groups is 1. The quantitative estimate of drug-likeness (QED) is 0.134. The maximum atomic E-state index is 13.5. The van der Waals surface area contributed by atoms with Gasteiger partial charge in [-0.3, -0.25) is 0 Å². The Bertz CT molecular complexity index is 1100. The zero-order valence-electron chi connectivity index (χ0n) is 16.3. The summed E-state index contributed by atoms with van der Waals surface area (Å²) in [5.74, 6) is -5.41. The number of hydrogen-bond donors (Lipinski definition) is 6. The number of rotatable bonds is 3. The predicted octanol–water partition coefficient (Wildman–Crippen LogP) is -5.40. The van der Waals surface area contributed by atoms with Crippen LogP contribution in [-0.4, -0.2) is 80.9 Å². The fourth-order valence-electron chi connectivity index (χ4n) is 2.67. The van der Waals surface area contributed by atoms with Crippen molar-refractivity contribution in [2.24, 2.45) is 0 Å². The molecule has 12 nitrogen and oxygen atoms in total. The molecule has 5 atom stereocenters. The van der Waals surface area contributed by atoms with Crippen molar-refractivity contribution in [3.05, 3.63) is 39.8 Å². The Morgan fingerprint density at radius 1 is 1.06 bits per heavy atom. The summed E-state index contributed by atoms with van der Waals surface area (Å²) in [5.41, 5.74) is -2.35. The molecular formula is C16H17F2NaO12S. The molecule has 0 unspecified atom stereocenters. The van der Waals surface area contributed by atoms with E-state index in [4.69, 9.17) is 30.6 Å². The number of fused-ring (bicyclic) bond motifs is 1. The number of benzene rings is 1. The Hall–Kier alpha value is -1.24. The molecule has 0 bridgehead atoms. The van der Waals surface area contributed by atoms with Crippen LogP contribution < -0.4 is 35.2 Å². The summed E-state index contributed by atoms with van der Waals surface area (Å²) in [6, 6.07) is 1.23. The fourth-order valence-corrected chi connectivity index (χ4v) is 3.29. The zero-order valence-corrected chi connectivity index (χ0v) is 19.1. The van der Waals surface area contributed by atoms with E-state index in [9.17, 15) is 26.5 Å². The summed E-state index contributed by atoms with van der Waals surface area (Å²) in [4.78, 5) is 11.1. The van der Waals surface area contributed by atoms with E-state index in [1.165, 1.54) is 0 Å². The number of phenols is 1. The van der Waals surface area contributed by atoms with Crippen molar-refractivity contribution in [2.75, 3.05) is 6.61 Å². The molecule has 6 N–H and O–H groups in total. The van der Waals surface area contributed by atoms with Gasteiger partial charge in [-0.05, 0) is 11.6 Å². The maximum Gasteiger partial charge on any atom is 1.00 e. The molecule has 1 saturated heterocycles. The van der Waals surface area contributed by atoms with Crippen LogP contribution in [-0.2, 0) is 20.6 Å². The summed E-state index contributed by atoms with van der Waals surface area (Å²) in [6.07, 6.45) is -7.04. The summed E-state index contributed by atoms with van der Waals surface area (Å²) < 4.78 is 67.7. The summed E-state index contributed by atoms with van der Waals surface area (Å²) in [5, 5.41) is 53.3. The van der Waals surface area contributed by atoms with Crippen LogP contribution in [0.4, 0.5) is 8.78 Å². The molecule has 2 aromatic rings. The number of aliphatic hydroxyl groups is 5. The Morgan fingerprint density at radius 3 is 2.19 bits per heavy atom. The van der Waals surface area contributed by atoms with Crippen LogP contribution in [0.3, 0.4) is 0 Å². The van der Waals surface area contributed by atoms with Crippen LogP contribution in [0, 0.1) is 11.6 Å². The molecule has 0 radical (unpaired) electrons. The minimum absolute atomic E-state index is 0. The second-order valence-electron chi connectivity index (χ2n) is 6.41.